The lowest BCUT2D eigenvalue weighted by atomic mass is 10.2. The first-order chi connectivity index (χ1) is 13.3. The Hall–Kier alpha value is -3.07. The molecule has 0 aliphatic heterocycles. The number of hydrogen-bond donors (Lipinski definition) is 2. The van der Waals surface area contributed by atoms with Crippen molar-refractivity contribution in [2.24, 2.45) is 0 Å². The number of methoxy groups -OCH3 is 1. The zero-order valence-electron chi connectivity index (χ0n) is 15.8. The highest BCUT2D eigenvalue weighted by Crippen LogP contribution is 2.29. The molecule has 0 spiro atoms. The molecule has 0 fully saturated rings. The molecule has 9 heteroatoms. The monoisotopic (exact) mass is 406 g/mol. The summed E-state index contributed by atoms with van der Waals surface area (Å²) in [5.74, 6) is -0.398. The second-order valence-corrected chi connectivity index (χ2v) is 7.35. The van der Waals surface area contributed by atoms with Crippen LogP contribution in [0.1, 0.15) is 30.6 Å². The number of benzene rings is 2. The Morgan fingerprint density at radius 2 is 1.71 bits per heavy atom. The number of rotatable bonds is 8. The van der Waals surface area contributed by atoms with Gasteiger partial charge < -0.3 is 14.8 Å². The quantitative estimate of drug-likeness (QED) is 0.652. The van der Waals surface area contributed by atoms with Crippen LogP contribution in [0, 0.1) is 0 Å². The van der Waals surface area contributed by atoms with Gasteiger partial charge in [-0.15, -0.1) is 0 Å². The molecule has 2 N–H and O–H groups in total. The van der Waals surface area contributed by atoms with Gasteiger partial charge >= 0.3 is 5.97 Å². The van der Waals surface area contributed by atoms with Crippen molar-refractivity contribution in [3.8, 4) is 5.75 Å². The van der Waals surface area contributed by atoms with Gasteiger partial charge in [0.1, 0.15) is 5.75 Å². The minimum atomic E-state index is -3.92. The van der Waals surface area contributed by atoms with Gasteiger partial charge in [-0.3, -0.25) is 9.52 Å². The Kier molecular flexibility index (Phi) is 7.00. The molecular formula is C19H22N2O6S. The number of carbonyl (C=O) groups is 2. The molecule has 2 rings (SSSR count). The van der Waals surface area contributed by atoms with Crippen molar-refractivity contribution in [3.05, 3.63) is 48.0 Å². The standard InChI is InChI=1S/C19H22N2O6S/c1-4-18(22)20-16-12-15(10-11-17(16)27-5-2)28(24,25)21-14-8-6-13(7-9-14)19(23)26-3/h6-12,21H,4-5H2,1-3H3,(H,20,22). The Labute approximate surface area is 163 Å². The van der Waals surface area contributed by atoms with Crippen LogP contribution < -0.4 is 14.8 Å². The molecule has 8 nitrogen and oxygen atoms in total. The molecular weight excluding hydrogens is 384 g/mol. The molecule has 0 unspecified atom stereocenters. The number of carbonyl (C=O) groups excluding carboxylic acids is 2. The van der Waals surface area contributed by atoms with Crippen molar-refractivity contribution in [1.29, 1.82) is 0 Å². The number of sulfonamides is 1. The molecule has 0 heterocycles. The first-order valence-electron chi connectivity index (χ1n) is 8.58. The summed E-state index contributed by atoms with van der Waals surface area (Å²) in [6.45, 7) is 3.84. The molecule has 0 radical (unpaired) electrons. The average molecular weight is 406 g/mol. The minimum absolute atomic E-state index is 0.0422. The van der Waals surface area contributed by atoms with Crippen LogP contribution in [0.4, 0.5) is 11.4 Å². The van der Waals surface area contributed by atoms with Gasteiger partial charge in [-0.2, -0.15) is 0 Å². The summed E-state index contributed by atoms with van der Waals surface area (Å²) in [4.78, 5) is 23.1. The first-order valence-corrected chi connectivity index (χ1v) is 10.1. The largest absolute Gasteiger partial charge is 0.492 e. The average Bonchev–Trinajstić information content (AvgIpc) is 2.68. The number of ether oxygens (including phenoxy) is 2. The van der Waals surface area contributed by atoms with Crippen LogP contribution in [0.2, 0.25) is 0 Å². The molecule has 0 bridgehead atoms. The second-order valence-electron chi connectivity index (χ2n) is 5.67. The van der Waals surface area contributed by atoms with Crippen LogP contribution in [0.5, 0.6) is 5.75 Å². The minimum Gasteiger partial charge on any atom is -0.492 e. The molecule has 0 saturated carbocycles. The second kappa shape index (κ2) is 9.23. The maximum atomic E-state index is 12.7. The van der Waals surface area contributed by atoms with E-state index in [1.807, 2.05) is 0 Å². The Morgan fingerprint density at radius 1 is 1.04 bits per heavy atom. The summed E-state index contributed by atoms with van der Waals surface area (Å²) in [7, 11) is -2.66. The van der Waals surface area contributed by atoms with Crippen molar-refractivity contribution >= 4 is 33.3 Å². The van der Waals surface area contributed by atoms with E-state index in [0.717, 1.165) is 0 Å². The molecule has 28 heavy (non-hydrogen) atoms. The molecule has 0 saturated heterocycles. The van der Waals surface area contributed by atoms with Gasteiger partial charge in [0.2, 0.25) is 5.91 Å². The van der Waals surface area contributed by atoms with Gasteiger partial charge in [-0.1, -0.05) is 6.92 Å². The third-order valence-corrected chi connectivity index (χ3v) is 5.09. The first kappa shape index (κ1) is 21.2. The van der Waals surface area contributed by atoms with E-state index in [0.29, 0.717) is 17.9 Å². The lowest BCUT2D eigenvalue weighted by Gasteiger charge is -2.14. The van der Waals surface area contributed by atoms with E-state index in [1.165, 1.54) is 49.6 Å². The van der Waals surface area contributed by atoms with Crippen LogP contribution in [0.3, 0.4) is 0 Å². The lowest BCUT2D eigenvalue weighted by molar-refractivity contribution is -0.115. The summed E-state index contributed by atoms with van der Waals surface area (Å²) < 4.78 is 37.9. The highest BCUT2D eigenvalue weighted by atomic mass is 32.2. The zero-order valence-corrected chi connectivity index (χ0v) is 16.6. The summed E-state index contributed by atoms with van der Waals surface area (Å²) in [5, 5.41) is 2.64. The van der Waals surface area contributed by atoms with Crippen LogP contribution in [-0.2, 0) is 19.6 Å². The van der Waals surface area contributed by atoms with Gasteiger partial charge in [0, 0.05) is 12.1 Å². The number of hydrogen-bond acceptors (Lipinski definition) is 6. The summed E-state index contributed by atoms with van der Waals surface area (Å²) in [5.41, 5.74) is 0.856. The van der Waals surface area contributed by atoms with Gasteiger partial charge in [0.25, 0.3) is 10.0 Å². The topological polar surface area (TPSA) is 111 Å². The van der Waals surface area contributed by atoms with E-state index in [9.17, 15) is 18.0 Å². The van der Waals surface area contributed by atoms with Crippen LogP contribution >= 0.6 is 0 Å². The third kappa shape index (κ3) is 5.23. The number of amides is 1. The summed E-state index contributed by atoms with van der Waals surface area (Å²) in [6.07, 6.45) is 0.243. The van der Waals surface area contributed by atoms with E-state index in [-0.39, 0.29) is 28.6 Å². The summed E-state index contributed by atoms with van der Waals surface area (Å²) in [6, 6.07) is 10.0. The van der Waals surface area contributed by atoms with E-state index >= 15 is 0 Å². The molecule has 0 aromatic heterocycles. The van der Waals surface area contributed by atoms with Crippen LogP contribution in [-0.4, -0.2) is 34.0 Å². The Balaban J connectivity index is 2.30. The molecule has 0 aliphatic rings. The normalized spacial score (nSPS) is 10.8. The number of esters is 1. The fourth-order valence-electron chi connectivity index (χ4n) is 2.30. The Bertz CT molecular complexity index is 955. The highest BCUT2D eigenvalue weighted by molar-refractivity contribution is 7.92. The predicted molar refractivity (Wildman–Crippen MR) is 105 cm³/mol. The maximum absolute atomic E-state index is 12.7. The number of anilines is 2. The molecule has 0 atom stereocenters. The summed E-state index contributed by atoms with van der Waals surface area (Å²) >= 11 is 0. The van der Waals surface area contributed by atoms with Crippen molar-refractivity contribution in [2.75, 3.05) is 23.8 Å². The van der Waals surface area contributed by atoms with Crippen molar-refractivity contribution in [1.82, 2.24) is 0 Å². The fraction of sp³-hybridized carbons (Fsp3) is 0.263. The van der Waals surface area contributed by atoms with E-state index in [4.69, 9.17) is 4.74 Å². The van der Waals surface area contributed by atoms with Gasteiger partial charge in [0.05, 0.1) is 29.9 Å². The van der Waals surface area contributed by atoms with Gasteiger partial charge in [-0.25, -0.2) is 13.2 Å². The zero-order chi connectivity index (χ0) is 20.7. The van der Waals surface area contributed by atoms with Crippen molar-refractivity contribution < 1.29 is 27.5 Å². The molecule has 0 aliphatic carbocycles. The SMILES string of the molecule is CCOc1ccc(S(=O)(=O)Nc2ccc(C(=O)OC)cc2)cc1NC(=O)CC. The lowest BCUT2D eigenvalue weighted by Crippen LogP contribution is -2.15. The van der Waals surface area contributed by atoms with E-state index < -0.39 is 16.0 Å². The van der Waals surface area contributed by atoms with Crippen molar-refractivity contribution in [2.45, 2.75) is 25.2 Å². The van der Waals surface area contributed by atoms with Crippen molar-refractivity contribution in [3.63, 3.8) is 0 Å². The fourth-order valence-corrected chi connectivity index (χ4v) is 3.38. The van der Waals surface area contributed by atoms with Gasteiger partial charge in [-0.05, 0) is 49.4 Å². The molecule has 2 aromatic rings. The molecule has 150 valence electrons. The maximum Gasteiger partial charge on any atom is 0.337 e. The third-order valence-electron chi connectivity index (χ3n) is 3.71. The highest BCUT2D eigenvalue weighted by Gasteiger charge is 2.18. The van der Waals surface area contributed by atoms with Crippen LogP contribution in [0.25, 0.3) is 0 Å². The Morgan fingerprint density at radius 3 is 2.29 bits per heavy atom. The van der Waals surface area contributed by atoms with E-state index in [2.05, 4.69) is 14.8 Å². The number of nitrogens with one attached hydrogen (secondary N) is 2. The van der Waals surface area contributed by atoms with E-state index in [1.54, 1.807) is 13.8 Å². The predicted octanol–water partition coefficient (Wildman–Crippen LogP) is 3.02. The smallest absolute Gasteiger partial charge is 0.337 e. The molecule has 2 aromatic carbocycles. The van der Waals surface area contributed by atoms with Gasteiger partial charge in [0.15, 0.2) is 0 Å². The van der Waals surface area contributed by atoms with Crippen LogP contribution in [0.15, 0.2) is 47.4 Å². The molecule has 1 amide bonds.